The Morgan fingerprint density at radius 2 is 2.14 bits per heavy atom. The molecule has 7 heteroatoms. The monoisotopic (exact) mass is 309 g/mol. The topological polar surface area (TPSA) is 63.1 Å². The second-order valence-electron chi connectivity index (χ2n) is 5.88. The standard InChI is InChI=1S/C14H23N5OS/c1-10-11(2)21-8-7-18(10)14(20)13-9-19(17-16-13)12-3-5-15-6-4-12/h9-12,15H,3-8H2,1-2H3. The highest BCUT2D eigenvalue weighted by Crippen LogP contribution is 2.25. The first-order valence-electron chi connectivity index (χ1n) is 7.72. The molecule has 21 heavy (non-hydrogen) atoms. The average Bonchev–Trinajstić information content (AvgIpc) is 3.00. The number of hydrogen-bond donors (Lipinski definition) is 1. The third-order valence-electron chi connectivity index (χ3n) is 4.56. The Hall–Kier alpha value is -1.08. The molecule has 0 bridgehead atoms. The normalized spacial score (nSPS) is 27.8. The highest BCUT2D eigenvalue weighted by molar-refractivity contribution is 8.00. The van der Waals surface area contributed by atoms with Crippen molar-refractivity contribution in [1.82, 2.24) is 25.2 Å². The molecule has 2 aliphatic heterocycles. The first-order valence-corrected chi connectivity index (χ1v) is 8.77. The average molecular weight is 309 g/mol. The maximum atomic E-state index is 12.6. The zero-order valence-corrected chi connectivity index (χ0v) is 13.5. The Balaban J connectivity index is 1.71. The van der Waals surface area contributed by atoms with E-state index < -0.39 is 0 Å². The van der Waals surface area contributed by atoms with E-state index in [2.05, 4.69) is 29.5 Å². The van der Waals surface area contributed by atoms with Gasteiger partial charge in [-0.1, -0.05) is 12.1 Å². The number of rotatable bonds is 2. The van der Waals surface area contributed by atoms with Gasteiger partial charge in [-0.3, -0.25) is 4.79 Å². The lowest BCUT2D eigenvalue weighted by atomic mass is 10.1. The van der Waals surface area contributed by atoms with E-state index in [9.17, 15) is 4.79 Å². The number of carbonyl (C=O) groups is 1. The third-order valence-corrected chi connectivity index (χ3v) is 5.89. The summed E-state index contributed by atoms with van der Waals surface area (Å²) < 4.78 is 1.88. The molecule has 1 aromatic rings. The van der Waals surface area contributed by atoms with Crippen molar-refractivity contribution in [1.29, 1.82) is 0 Å². The van der Waals surface area contributed by atoms with Gasteiger partial charge < -0.3 is 10.2 Å². The van der Waals surface area contributed by atoms with Gasteiger partial charge in [-0.15, -0.1) is 5.10 Å². The molecule has 116 valence electrons. The minimum absolute atomic E-state index is 0.0230. The number of thioether (sulfide) groups is 1. The van der Waals surface area contributed by atoms with Crippen LogP contribution in [0.5, 0.6) is 0 Å². The van der Waals surface area contributed by atoms with Crippen molar-refractivity contribution in [3.05, 3.63) is 11.9 Å². The number of amides is 1. The predicted molar refractivity (Wildman–Crippen MR) is 83.6 cm³/mol. The van der Waals surface area contributed by atoms with E-state index in [-0.39, 0.29) is 11.9 Å². The van der Waals surface area contributed by atoms with E-state index in [0.717, 1.165) is 38.2 Å². The van der Waals surface area contributed by atoms with Crippen LogP contribution in [-0.4, -0.2) is 62.5 Å². The molecule has 0 radical (unpaired) electrons. The number of nitrogens with zero attached hydrogens (tertiary/aromatic N) is 4. The van der Waals surface area contributed by atoms with Crippen LogP contribution in [0.3, 0.4) is 0 Å². The molecule has 0 spiro atoms. The van der Waals surface area contributed by atoms with Crippen LogP contribution in [0, 0.1) is 0 Å². The van der Waals surface area contributed by atoms with Gasteiger partial charge in [0.25, 0.3) is 5.91 Å². The molecule has 2 saturated heterocycles. The molecule has 1 aromatic heterocycles. The summed E-state index contributed by atoms with van der Waals surface area (Å²) in [4.78, 5) is 14.6. The van der Waals surface area contributed by atoms with Gasteiger partial charge >= 0.3 is 0 Å². The molecule has 0 saturated carbocycles. The summed E-state index contributed by atoms with van der Waals surface area (Å²) in [5.41, 5.74) is 0.486. The number of piperidine rings is 1. The Morgan fingerprint density at radius 1 is 1.38 bits per heavy atom. The highest BCUT2D eigenvalue weighted by Gasteiger charge is 2.31. The number of nitrogens with one attached hydrogen (secondary N) is 1. The van der Waals surface area contributed by atoms with Crippen LogP contribution in [-0.2, 0) is 0 Å². The van der Waals surface area contributed by atoms with Crippen molar-refractivity contribution in [3.8, 4) is 0 Å². The lowest BCUT2D eigenvalue weighted by molar-refractivity contribution is 0.0692. The maximum absolute atomic E-state index is 12.6. The SMILES string of the molecule is CC1SCCN(C(=O)c2cn(C3CCNCC3)nn2)C1C. The quantitative estimate of drug-likeness (QED) is 0.888. The fourth-order valence-corrected chi connectivity index (χ4v) is 4.09. The second kappa shape index (κ2) is 6.36. The molecule has 2 aliphatic rings. The second-order valence-corrected chi connectivity index (χ2v) is 7.37. The van der Waals surface area contributed by atoms with E-state index in [4.69, 9.17) is 0 Å². The lowest BCUT2D eigenvalue weighted by Gasteiger charge is -2.37. The summed E-state index contributed by atoms with van der Waals surface area (Å²) in [7, 11) is 0. The van der Waals surface area contributed by atoms with E-state index >= 15 is 0 Å². The molecular weight excluding hydrogens is 286 g/mol. The summed E-state index contributed by atoms with van der Waals surface area (Å²) in [5, 5.41) is 12.1. The zero-order chi connectivity index (χ0) is 14.8. The van der Waals surface area contributed by atoms with Crippen LogP contribution in [0.4, 0.5) is 0 Å². The molecule has 6 nitrogen and oxygen atoms in total. The fourth-order valence-electron chi connectivity index (χ4n) is 2.99. The van der Waals surface area contributed by atoms with Crippen molar-refractivity contribution in [2.75, 3.05) is 25.4 Å². The van der Waals surface area contributed by atoms with Gasteiger partial charge in [0.2, 0.25) is 0 Å². The van der Waals surface area contributed by atoms with Crippen molar-refractivity contribution in [2.24, 2.45) is 0 Å². The summed E-state index contributed by atoms with van der Waals surface area (Å²) in [6.07, 6.45) is 3.92. The van der Waals surface area contributed by atoms with E-state index in [0.29, 0.717) is 17.0 Å². The zero-order valence-electron chi connectivity index (χ0n) is 12.7. The summed E-state index contributed by atoms with van der Waals surface area (Å²) in [6.45, 7) is 7.11. The van der Waals surface area contributed by atoms with Gasteiger partial charge in [0.15, 0.2) is 5.69 Å². The van der Waals surface area contributed by atoms with Gasteiger partial charge in [-0.25, -0.2) is 4.68 Å². The van der Waals surface area contributed by atoms with Gasteiger partial charge in [0.05, 0.1) is 12.2 Å². The summed E-state index contributed by atoms with van der Waals surface area (Å²) in [5.74, 6) is 1.02. The molecule has 3 heterocycles. The fraction of sp³-hybridized carbons (Fsp3) is 0.786. The third kappa shape index (κ3) is 3.08. The predicted octanol–water partition coefficient (Wildman–Crippen LogP) is 1.17. The first kappa shape index (κ1) is 14.8. The molecule has 1 N–H and O–H groups in total. The number of aromatic nitrogens is 3. The van der Waals surface area contributed by atoms with Crippen LogP contribution in [0.2, 0.25) is 0 Å². The lowest BCUT2D eigenvalue weighted by Crippen LogP contribution is -2.48. The Morgan fingerprint density at radius 3 is 2.90 bits per heavy atom. The molecule has 0 aliphatic carbocycles. The van der Waals surface area contributed by atoms with Crippen LogP contribution >= 0.6 is 11.8 Å². The molecule has 1 amide bonds. The van der Waals surface area contributed by atoms with Crippen LogP contribution in [0.15, 0.2) is 6.20 Å². The van der Waals surface area contributed by atoms with Crippen LogP contribution < -0.4 is 5.32 Å². The van der Waals surface area contributed by atoms with Gasteiger partial charge in [0.1, 0.15) is 0 Å². The largest absolute Gasteiger partial charge is 0.333 e. The Labute approximate surface area is 129 Å². The Bertz CT molecular complexity index is 499. The van der Waals surface area contributed by atoms with E-state index in [1.165, 1.54) is 0 Å². The smallest absolute Gasteiger partial charge is 0.276 e. The van der Waals surface area contributed by atoms with Crippen LogP contribution in [0.1, 0.15) is 43.2 Å². The number of carbonyl (C=O) groups excluding carboxylic acids is 1. The molecule has 2 atom stereocenters. The van der Waals surface area contributed by atoms with Crippen LogP contribution in [0.25, 0.3) is 0 Å². The van der Waals surface area contributed by atoms with E-state index in [1.54, 1.807) is 0 Å². The molecular formula is C14H23N5OS. The van der Waals surface area contributed by atoms with Gasteiger partial charge in [-0.05, 0) is 32.9 Å². The molecule has 2 fully saturated rings. The molecule has 3 rings (SSSR count). The number of hydrogen-bond acceptors (Lipinski definition) is 5. The van der Waals surface area contributed by atoms with Crippen molar-refractivity contribution >= 4 is 17.7 Å². The summed E-state index contributed by atoms with van der Waals surface area (Å²) in [6, 6.07) is 0.619. The van der Waals surface area contributed by atoms with Crippen molar-refractivity contribution < 1.29 is 4.79 Å². The molecule has 2 unspecified atom stereocenters. The Kier molecular flexibility index (Phi) is 4.49. The maximum Gasteiger partial charge on any atom is 0.276 e. The summed E-state index contributed by atoms with van der Waals surface area (Å²) >= 11 is 1.93. The van der Waals surface area contributed by atoms with Gasteiger partial charge in [0, 0.05) is 23.6 Å². The van der Waals surface area contributed by atoms with Crippen molar-refractivity contribution in [3.63, 3.8) is 0 Å². The van der Waals surface area contributed by atoms with Gasteiger partial charge in [-0.2, -0.15) is 11.8 Å². The van der Waals surface area contributed by atoms with Crippen molar-refractivity contribution in [2.45, 2.75) is 44.0 Å². The minimum Gasteiger partial charge on any atom is -0.333 e. The first-order chi connectivity index (χ1) is 10.2. The minimum atomic E-state index is 0.0230. The van der Waals surface area contributed by atoms with E-state index in [1.807, 2.05) is 27.5 Å². The highest BCUT2D eigenvalue weighted by atomic mass is 32.2. The molecule has 0 aromatic carbocycles.